The van der Waals surface area contributed by atoms with Crippen LogP contribution in [0.25, 0.3) is 11.2 Å². The molecule has 334 valence electrons. The molecule has 0 saturated carbocycles. The minimum atomic E-state index is -5.57. The SMILES string of the molecule is C=C(C)C(CCCC)CC(=O)SCCNC(=O)CCNC(=O)[C@H](O)C(C)(C)COP(=O)(O)OP(=O)(O)OC[C@H]1O[C@@H](n2cnc3c(N)ncnc32)[C@H](O)[C@@H]1OP(=O)(O)O. The number of anilines is 1. The van der Waals surface area contributed by atoms with E-state index >= 15 is 0 Å². The molecular weight excluding hydrogens is 867 g/mol. The highest BCUT2D eigenvalue weighted by Crippen LogP contribution is 2.61. The highest BCUT2D eigenvalue weighted by molar-refractivity contribution is 8.13. The van der Waals surface area contributed by atoms with Gasteiger partial charge in [0.05, 0.1) is 19.5 Å². The summed E-state index contributed by atoms with van der Waals surface area (Å²) < 4.78 is 62.2. The van der Waals surface area contributed by atoms with Gasteiger partial charge >= 0.3 is 23.5 Å². The summed E-state index contributed by atoms with van der Waals surface area (Å²) in [5.41, 5.74) is 5.22. The van der Waals surface area contributed by atoms with Crippen LogP contribution in [0.1, 0.15) is 66.0 Å². The number of phosphoric acid groups is 3. The highest BCUT2D eigenvalue weighted by Gasteiger charge is 2.50. The molecule has 0 aromatic carbocycles. The van der Waals surface area contributed by atoms with Crippen LogP contribution in [0.5, 0.6) is 0 Å². The second kappa shape index (κ2) is 21.9. The van der Waals surface area contributed by atoms with Crippen molar-refractivity contribution in [3.63, 3.8) is 0 Å². The number of carbonyl (C=O) groups is 3. The molecule has 3 unspecified atom stereocenters. The van der Waals surface area contributed by atoms with Crippen molar-refractivity contribution in [2.24, 2.45) is 11.3 Å². The summed E-state index contributed by atoms with van der Waals surface area (Å²) >= 11 is 1.11. The molecule has 1 aliphatic heterocycles. The number of fused-ring (bicyclic) bond motifs is 1. The van der Waals surface area contributed by atoms with Gasteiger partial charge in [-0.3, -0.25) is 32.5 Å². The van der Waals surface area contributed by atoms with Crippen LogP contribution in [0.2, 0.25) is 0 Å². The first-order valence-corrected chi connectivity index (χ1v) is 23.6. The van der Waals surface area contributed by atoms with Crippen molar-refractivity contribution < 1.29 is 80.5 Å². The summed E-state index contributed by atoms with van der Waals surface area (Å²) in [5, 5.41) is 26.5. The Bertz CT molecular complexity index is 1930. The van der Waals surface area contributed by atoms with Crippen molar-refractivity contribution in [1.29, 1.82) is 0 Å². The summed E-state index contributed by atoms with van der Waals surface area (Å²) in [4.78, 5) is 88.2. The number of aliphatic hydroxyl groups is 2. The molecule has 2 aromatic rings. The molecule has 8 atom stereocenters. The molecule has 10 N–H and O–H groups in total. The summed E-state index contributed by atoms with van der Waals surface area (Å²) in [6.07, 6.45) is -3.65. The summed E-state index contributed by atoms with van der Waals surface area (Å²) in [6.45, 7) is 8.44. The van der Waals surface area contributed by atoms with Gasteiger partial charge in [0.15, 0.2) is 22.8 Å². The zero-order valence-corrected chi connectivity index (χ0v) is 36.2. The second-order valence-electron chi connectivity index (χ2n) is 14.2. The van der Waals surface area contributed by atoms with E-state index in [0.29, 0.717) is 12.2 Å². The van der Waals surface area contributed by atoms with Crippen molar-refractivity contribution in [3.8, 4) is 0 Å². The number of phosphoric ester groups is 3. The molecule has 0 spiro atoms. The molecule has 28 heteroatoms. The van der Waals surface area contributed by atoms with E-state index in [-0.39, 0.29) is 47.5 Å². The maximum atomic E-state index is 12.7. The number of unbranched alkanes of at least 4 members (excludes halogenated alkanes) is 1. The molecule has 2 aromatic heterocycles. The maximum absolute atomic E-state index is 12.7. The number of hydrogen-bond acceptors (Lipinski definition) is 18. The quantitative estimate of drug-likeness (QED) is 0.0386. The maximum Gasteiger partial charge on any atom is 0.481 e. The fourth-order valence-electron chi connectivity index (χ4n) is 5.53. The zero-order valence-electron chi connectivity index (χ0n) is 32.7. The Morgan fingerprint density at radius 2 is 1.76 bits per heavy atom. The van der Waals surface area contributed by atoms with Crippen LogP contribution in [-0.4, -0.2) is 123 Å². The van der Waals surface area contributed by atoms with Crippen LogP contribution in [0.15, 0.2) is 24.8 Å². The molecule has 3 heterocycles. The molecule has 1 saturated heterocycles. The van der Waals surface area contributed by atoms with E-state index in [2.05, 4.69) is 47.9 Å². The molecule has 2 amide bonds. The molecule has 59 heavy (non-hydrogen) atoms. The molecule has 0 bridgehead atoms. The lowest BCUT2D eigenvalue weighted by molar-refractivity contribution is -0.137. The predicted octanol–water partition coefficient (Wildman–Crippen LogP) is 1.44. The molecule has 1 aliphatic rings. The summed E-state index contributed by atoms with van der Waals surface area (Å²) in [6, 6.07) is 0. The fourth-order valence-corrected chi connectivity index (χ4v) is 9.11. The second-order valence-corrected chi connectivity index (χ2v) is 19.6. The number of ether oxygens (including phenoxy) is 1. The number of hydrogen-bond donors (Lipinski definition) is 9. The van der Waals surface area contributed by atoms with Gasteiger partial charge in [-0.15, -0.1) is 0 Å². The van der Waals surface area contributed by atoms with E-state index in [0.717, 1.165) is 53.8 Å². The van der Waals surface area contributed by atoms with Crippen molar-refractivity contribution in [2.75, 3.05) is 37.8 Å². The van der Waals surface area contributed by atoms with Crippen LogP contribution in [0, 0.1) is 11.3 Å². The van der Waals surface area contributed by atoms with Crippen LogP contribution in [0.3, 0.4) is 0 Å². The predicted molar refractivity (Wildman–Crippen MR) is 210 cm³/mol. The topological polar surface area (TPSA) is 364 Å². The van der Waals surface area contributed by atoms with Crippen molar-refractivity contribution in [3.05, 3.63) is 24.8 Å². The number of nitrogens with two attached hydrogens (primary N) is 1. The third kappa shape index (κ3) is 15.9. The van der Waals surface area contributed by atoms with Crippen molar-refractivity contribution in [1.82, 2.24) is 30.2 Å². The number of carbonyl (C=O) groups excluding carboxylic acids is 3. The number of nitrogen functional groups attached to an aromatic ring is 1. The van der Waals surface area contributed by atoms with Crippen molar-refractivity contribution in [2.45, 2.75) is 90.4 Å². The van der Waals surface area contributed by atoms with E-state index in [1.54, 1.807) is 0 Å². The van der Waals surface area contributed by atoms with Gasteiger partial charge < -0.3 is 50.9 Å². The zero-order chi connectivity index (χ0) is 44.3. The van der Waals surface area contributed by atoms with Gasteiger partial charge in [0.1, 0.15) is 36.3 Å². The summed E-state index contributed by atoms with van der Waals surface area (Å²) in [7, 11) is -16.4. The van der Waals surface area contributed by atoms with Gasteiger partial charge in [-0.05, 0) is 19.3 Å². The smallest absolute Gasteiger partial charge is 0.386 e. The number of aliphatic hydroxyl groups excluding tert-OH is 2. The molecule has 0 radical (unpaired) electrons. The molecule has 1 fully saturated rings. The van der Waals surface area contributed by atoms with Gasteiger partial charge in [0.2, 0.25) is 11.8 Å². The first-order valence-electron chi connectivity index (χ1n) is 18.1. The Labute approximate surface area is 343 Å². The summed E-state index contributed by atoms with van der Waals surface area (Å²) in [5.74, 6) is -0.985. The number of nitrogens with zero attached hydrogens (tertiary/aromatic N) is 4. The number of thioether (sulfide) groups is 1. The number of aromatic nitrogens is 4. The molecular formula is C31H52N7O17P3S. The first kappa shape index (κ1) is 50.7. The third-order valence-electron chi connectivity index (χ3n) is 8.78. The van der Waals surface area contributed by atoms with E-state index in [1.165, 1.54) is 13.8 Å². The normalized spacial score (nSPS) is 21.7. The molecule has 0 aliphatic carbocycles. The first-order chi connectivity index (χ1) is 27.4. The van der Waals surface area contributed by atoms with Crippen LogP contribution < -0.4 is 16.4 Å². The van der Waals surface area contributed by atoms with E-state index < -0.39 is 84.6 Å². The highest BCUT2D eigenvalue weighted by atomic mass is 32.2. The molecule has 24 nitrogen and oxygen atoms in total. The number of nitrogens with one attached hydrogen (secondary N) is 2. The minimum Gasteiger partial charge on any atom is -0.386 e. The van der Waals surface area contributed by atoms with Gasteiger partial charge in [-0.2, -0.15) is 4.31 Å². The van der Waals surface area contributed by atoms with Crippen LogP contribution in [0.4, 0.5) is 5.82 Å². The van der Waals surface area contributed by atoms with Gasteiger partial charge in [0, 0.05) is 37.1 Å². The largest absolute Gasteiger partial charge is 0.481 e. The van der Waals surface area contributed by atoms with Crippen LogP contribution >= 0.6 is 35.2 Å². The van der Waals surface area contributed by atoms with Gasteiger partial charge in [-0.25, -0.2) is 28.6 Å². The van der Waals surface area contributed by atoms with E-state index in [9.17, 15) is 57.9 Å². The Morgan fingerprint density at radius 1 is 1.08 bits per heavy atom. The Kier molecular flexibility index (Phi) is 18.8. The lowest BCUT2D eigenvalue weighted by Crippen LogP contribution is -2.46. The number of amides is 2. The third-order valence-corrected chi connectivity index (χ3v) is 12.8. The number of rotatable bonds is 25. The van der Waals surface area contributed by atoms with Gasteiger partial charge in [0.25, 0.3) is 0 Å². The Hall–Kier alpha value is -2.70. The lowest BCUT2D eigenvalue weighted by Gasteiger charge is -2.30. The average molecular weight is 920 g/mol. The van der Waals surface area contributed by atoms with Gasteiger partial charge in [-0.1, -0.05) is 57.5 Å². The van der Waals surface area contributed by atoms with E-state index in [4.69, 9.17) is 19.5 Å². The number of allylic oxidation sites excluding steroid dienone is 1. The monoisotopic (exact) mass is 919 g/mol. The van der Waals surface area contributed by atoms with Crippen molar-refractivity contribution >= 4 is 69.1 Å². The fraction of sp³-hybridized carbons (Fsp3) is 0.677. The Morgan fingerprint density at radius 3 is 2.41 bits per heavy atom. The average Bonchev–Trinajstić information content (AvgIpc) is 3.69. The minimum absolute atomic E-state index is 0.000263. The lowest BCUT2D eigenvalue weighted by atomic mass is 9.87. The number of imidazole rings is 1. The van der Waals surface area contributed by atoms with E-state index in [1.807, 2.05) is 6.92 Å². The standard InChI is InChI=1S/C31H52N7O17P3S/c1-6-7-8-19(18(2)3)13-22(40)59-12-11-33-21(39)9-10-34-29(43)26(42)31(4,5)15-52-58(49,50)55-57(47,48)51-14-20-25(54-56(44,45)46)24(41)30(53-20)38-17-37-23-27(32)35-16-36-28(23)38/h16-17,19-20,24-26,30,41-42H,2,6-15H2,1,3-5H3,(H,33,39)(H,34,43)(H,47,48)(H,49,50)(H2,32,35,36)(H2,44,45,46)/t19?,20-,24-,25-,26+,30-/m1/s1. The molecule has 3 rings (SSSR count). The van der Waals surface area contributed by atoms with Crippen LogP contribution in [-0.2, 0) is 50.7 Å². The Balaban J connectivity index is 1.46.